The highest BCUT2D eigenvalue weighted by Gasteiger charge is 2.12. The highest BCUT2D eigenvalue weighted by Crippen LogP contribution is 2.39. The number of nitrogens with one attached hydrogen (secondary N) is 1. The summed E-state index contributed by atoms with van der Waals surface area (Å²) in [7, 11) is 0. The maximum atomic E-state index is 6.01. The fourth-order valence-corrected chi connectivity index (χ4v) is 4.24. The highest BCUT2D eigenvalue weighted by atomic mass is 16.3. The standard InChI is InChI=1S/C26H17NO/c1-6-15-24-17(8-1)16-25(28-24)27-23-14-7-13-22-20-10-3-2-9-18(20)19-11-4-5-12-21(19)26(22)23/h1-16,27H. The highest BCUT2D eigenvalue weighted by molar-refractivity contribution is 6.28. The van der Waals surface area contributed by atoms with Crippen molar-refractivity contribution in [3.8, 4) is 0 Å². The van der Waals surface area contributed by atoms with Gasteiger partial charge in [0.2, 0.25) is 0 Å². The number of fused-ring (bicyclic) bond motifs is 7. The molecule has 0 amide bonds. The molecule has 0 aliphatic carbocycles. The Hall–Kier alpha value is -3.78. The van der Waals surface area contributed by atoms with Gasteiger partial charge in [0.25, 0.3) is 0 Å². The van der Waals surface area contributed by atoms with Gasteiger partial charge in [0.1, 0.15) is 5.58 Å². The van der Waals surface area contributed by atoms with Crippen molar-refractivity contribution in [2.75, 3.05) is 5.32 Å². The number of hydrogen-bond acceptors (Lipinski definition) is 2. The maximum Gasteiger partial charge on any atom is 0.198 e. The molecule has 2 heteroatoms. The zero-order valence-corrected chi connectivity index (χ0v) is 15.1. The summed E-state index contributed by atoms with van der Waals surface area (Å²) in [5.74, 6) is 0.755. The fraction of sp³-hybridized carbons (Fsp3) is 0. The third-order valence-corrected chi connectivity index (χ3v) is 5.45. The van der Waals surface area contributed by atoms with E-state index in [9.17, 15) is 0 Å². The van der Waals surface area contributed by atoms with Crippen LogP contribution in [0.5, 0.6) is 0 Å². The first kappa shape index (κ1) is 15.3. The van der Waals surface area contributed by atoms with Crippen LogP contribution in [0.2, 0.25) is 0 Å². The first-order valence-electron chi connectivity index (χ1n) is 9.46. The summed E-state index contributed by atoms with van der Waals surface area (Å²) in [6, 6.07) is 33.8. The van der Waals surface area contributed by atoms with E-state index in [0.717, 1.165) is 22.5 Å². The second kappa shape index (κ2) is 5.86. The Morgan fingerprint density at radius 3 is 1.82 bits per heavy atom. The lowest BCUT2D eigenvalue weighted by Crippen LogP contribution is -1.91. The Balaban J connectivity index is 1.67. The molecule has 0 aliphatic heterocycles. The molecule has 0 saturated carbocycles. The molecule has 2 nitrogen and oxygen atoms in total. The van der Waals surface area contributed by atoms with Crippen LogP contribution in [-0.4, -0.2) is 0 Å². The van der Waals surface area contributed by atoms with Crippen LogP contribution in [0.4, 0.5) is 11.6 Å². The molecule has 1 aromatic heterocycles. The van der Waals surface area contributed by atoms with Crippen molar-refractivity contribution in [1.82, 2.24) is 0 Å². The second-order valence-corrected chi connectivity index (χ2v) is 7.09. The summed E-state index contributed by atoms with van der Waals surface area (Å²) in [6.07, 6.45) is 0. The Morgan fingerprint density at radius 2 is 1.11 bits per heavy atom. The van der Waals surface area contributed by atoms with E-state index in [-0.39, 0.29) is 0 Å². The van der Waals surface area contributed by atoms with Gasteiger partial charge in [-0.1, -0.05) is 78.9 Å². The molecule has 28 heavy (non-hydrogen) atoms. The van der Waals surface area contributed by atoms with Crippen LogP contribution in [0.15, 0.2) is 101 Å². The molecule has 6 rings (SSSR count). The van der Waals surface area contributed by atoms with E-state index in [1.165, 1.54) is 32.3 Å². The Labute approximate surface area is 162 Å². The number of para-hydroxylation sites is 1. The summed E-state index contributed by atoms with van der Waals surface area (Å²) < 4.78 is 6.01. The second-order valence-electron chi connectivity index (χ2n) is 7.09. The minimum Gasteiger partial charge on any atom is -0.440 e. The van der Waals surface area contributed by atoms with E-state index in [0.29, 0.717) is 0 Å². The van der Waals surface area contributed by atoms with Crippen LogP contribution in [-0.2, 0) is 0 Å². The lowest BCUT2D eigenvalue weighted by molar-refractivity contribution is 0.634. The number of anilines is 2. The molecule has 6 aromatic rings. The predicted octanol–water partition coefficient (Wildman–Crippen LogP) is 7.64. The van der Waals surface area contributed by atoms with Crippen molar-refractivity contribution >= 4 is 54.9 Å². The molecular formula is C26H17NO. The van der Waals surface area contributed by atoms with Gasteiger partial charge in [0.05, 0.1) is 0 Å². The molecule has 132 valence electrons. The lowest BCUT2D eigenvalue weighted by Gasteiger charge is -2.14. The van der Waals surface area contributed by atoms with Crippen molar-refractivity contribution < 1.29 is 4.42 Å². The summed E-state index contributed by atoms with van der Waals surface area (Å²) in [6.45, 7) is 0. The van der Waals surface area contributed by atoms with Gasteiger partial charge in [-0.05, 0) is 39.1 Å². The average Bonchev–Trinajstić information content (AvgIpc) is 3.16. The zero-order chi connectivity index (χ0) is 18.5. The predicted molar refractivity (Wildman–Crippen MR) is 118 cm³/mol. The van der Waals surface area contributed by atoms with E-state index < -0.39 is 0 Å². The molecule has 0 fully saturated rings. The third-order valence-electron chi connectivity index (χ3n) is 5.45. The van der Waals surface area contributed by atoms with E-state index >= 15 is 0 Å². The fourth-order valence-electron chi connectivity index (χ4n) is 4.24. The minimum atomic E-state index is 0.755. The maximum absolute atomic E-state index is 6.01. The van der Waals surface area contributed by atoms with Gasteiger partial charge in [0, 0.05) is 22.5 Å². The molecule has 0 unspecified atom stereocenters. The van der Waals surface area contributed by atoms with Gasteiger partial charge < -0.3 is 9.73 Å². The van der Waals surface area contributed by atoms with E-state index in [4.69, 9.17) is 4.42 Å². The van der Waals surface area contributed by atoms with Crippen LogP contribution in [0.1, 0.15) is 0 Å². The van der Waals surface area contributed by atoms with E-state index in [1.807, 2.05) is 18.2 Å². The Bertz CT molecular complexity index is 1410. The van der Waals surface area contributed by atoms with Crippen molar-refractivity contribution in [3.05, 3.63) is 97.1 Å². The van der Waals surface area contributed by atoms with Gasteiger partial charge in [-0.15, -0.1) is 0 Å². The molecule has 1 N–H and O–H groups in total. The largest absolute Gasteiger partial charge is 0.440 e. The summed E-state index contributed by atoms with van der Waals surface area (Å²) in [5, 5.41) is 12.2. The van der Waals surface area contributed by atoms with Crippen LogP contribution < -0.4 is 5.32 Å². The third kappa shape index (κ3) is 2.21. The topological polar surface area (TPSA) is 25.2 Å². The molecule has 0 saturated heterocycles. The van der Waals surface area contributed by atoms with Crippen LogP contribution in [0.25, 0.3) is 43.3 Å². The molecule has 0 aliphatic rings. The quantitative estimate of drug-likeness (QED) is 0.321. The van der Waals surface area contributed by atoms with Crippen LogP contribution >= 0.6 is 0 Å². The number of benzene rings is 5. The summed E-state index contributed by atoms with van der Waals surface area (Å²) in [5.41, 5.74) is 1.94. The smallest absolute Gasteiger partial charge is 0.198 e. The SMILES string of the molecule is c1ccc2oc(Nc3cccc4c5ccccc5c5ccccc5c34)cc2c1. The molecule has 0 radical (unpaired) electrons. The van der Waals surface area contributed by atoms with Crippen LogP contribution in [0, 0.1) is 0 Å². The molecular weight excluding hydrogens is 342 g/mol. The molecule has 5 aromatic carbocycles. The average molecular weight is 359 g/mol. The molecule has 1 heterocycles. The number of hydrogen-bond donors (Lipinski definition) is 1. The van der Waals surface area contributed by atoms with Crippen molar-refractivity contribution in [3.63, 3.8) is 0 Å². The molecule has 0 spiro atoms. The summed E-state index contributed by atoms with van der Waals surface area (Å²) >= 11 is 0. The van der Waals surface area contributed by atoms with Crippen LogP contribution in [0.3, 0.4) is 0 Å². The van der Waals surface area contributed by atoms with E-state index in [1.54, 1.807) is 0 Å². The minimum absolute atomic E-state index is 0.755. The Morgan fingerprint density at radius 1 is 0.536 bits per heavy atom. The number of rotatable bonds is 2. The van der Waals surface area contributed by atoms with Crippen molar-refractivity contribution in [2.24, 2.45) is 0 Å². The van der Waals surface area contributed by atoms with Gasteiger partial charge in [-0.25, -0.2) is 0 Å². The van der Waals surface area contributed by atoms with Crippen molar-refractivity contribution in [2.45, 2.75) is 0 Å². The van der Waals surface area contributed by atoms with Gasteiger partial charge in [-0.3, -0.25) is 0 Å². The first-order chi connectivity index (χ1) is 13.9. The summed E-state index contributed by atoms with van der Waals surface area (Å²) in [4.78, 5) is 0. The van der Waals surface area contributed by atoms with Gasteiger partial charge in [-0.2, -0.15) is 0 Å². The van der Waals surface area contributed by atoms with Gasteiger partial charge >= 0.3 is 0 Å². The lowest BCUT2D eigenvalue weighted by atomic mass is 9.93. The van der Waals surface area contributed by atoms with Gasteiger partial charge in [0.15, 0.2) is 5.88 Å². The zero-order valence-electron chi connectivity index (χ0n) is 15.1. The normalized spacial score (nSPS) is 11.6. The monoisotopic (exact) mass is 359 g/mol. The number of furan rings is 1. The van der Waals surface area contributed by atoms with Crippen molar-refractivity contribution in [1.29, 1.82) is 0 Å². The molecule has 0 atom stereocenters. The van der Waals surface area contributed by atoms with E-state index in [2.05, 4.69) is 84.2 Å². The molecule has 0 bridgehead atoms. The Kier molecular flexibility index (Phi) is 3.20. The first-order valence-corrected chi connectivity index (χ1v) is 9.46.